The molecule has 8 heteroatoms. The highest BCUT2D eigenvalue weighted by atomic mass is 32.2. The fourth-order valence-electron chi connectivity index (χ4n) is 2.39. The molecule has 2 aromatic rings. The van der Waals surface area contributed by atoms with Gasteiger partial charge in [0.05, 0.1) is 5.75 Å². The summed E-state index contributed by atoms with van der Waals surface area (Å²) in [5.41, 5.74) is 6.48. The zero-order valence-electron chi connectivity index (χ0n) is 14.2. The summed E-state index contributed by atoms with van der Waals surface area (Å²) in [5.74, 6) is -1.52. The summed E-state index contributed by atoms with van der Waals surface area (Å²) in [6, 6.07) is 11.5. The first kappa shape index (κ1) is 19.6. The summed E-state index contributed by atoms with van der Waals surface area (Å²) < 4.78 is 35.8. The molecule has 0 aliphatic rings. The van der Waals surface area contributed by atoms with Gasteiger partial charge in [-0.15, -0.1) is 0 Å². The quantitative estimate of drug-likeness (QED) is 0.795. The largest absolute Gasteiger partial charge is 0.370 e. The van der Waals surface area contributed by atoms with E-state index in [1.165, 1.54) is 41.3 Å². The molecule has 0 spiro atoms. The van der Waals surface area contributed by atoms with Crippen molar-refractivity contribution < 1.29 is 22.4 Å². The fraction of sp³-hybridized carbons (Fsp3) is 0.222. The Kier molecular flexibility index (Phi) is 6.10. The number of benzene rings is 2. The standard InChI is InChI=1S/C18H19FN2O4S/c1-26(24,25)12-13-2-4-14(5-3-13)18(23)21(11-10-17(20)22)16-8-6-15(19)7-9-16/h2-9H,10-12H2,1H3,(H2,20,22). The van der Waals surface area contributed by atoms with E-state index < -0.39 is 27.5 Å². The number of carbonyl (C=O) groups excluding carboxylic acids is 2. The molecule has 0 saturated heterocycles. The molecule has 0 aliphatic heterocycles. The van der Waals surface area contributed by atoms with Crippen LogP contribution in [0.4, 0.5) is 10.1 Å². The SMILES string of the molecule is CS(=O)(=O)Cc1ccc(C(=O)N(CCC(N)=O)c2ccc(F)cc2)cc1. The highest BCUT2D eigenvalue weighted by molar-refractivity contribution is 7.89. The number of hydrogen-bond donors (Lipinski definition) is 1. The average Bonchev–Trinajstić information content (AvgIpc) is 2.55. The molecule has 0 fully saturated rings. The molecule has 0 heterocycles. The lowest BCUT2D eigenvalue weighted by Gasteiger charge is -2.22. The molecular formula is C18H19FN2O4S. The molecule has 2 aromatic carbocycles. The van der Waals surface area contributed by atoms with Gasteiger partial charge in [0.1, 0.15) is 5.82 Å². The Hall–Kier alpha value is -2.74. The maximum atomic E-state index is 13.1. The zero-order chi connectivity index (χ0) is 19.3. The van der Waals surface area contributed by atoms with Gasteiger partial charge in [-0.1, -0.05) is 12.1 Å². The minimum atomic E-state index is -3.17. The number of rotatable bonds is 7. The Morgan fingerprint density at radius 2 is 1.62 bits per heavy atom. The smallest absolute Gasteiger partial charge is 0.258 e. The summed E-state index contributed by atoms with van der Waals surface area (Å²) in [5, 5.41) is 0. The van der Waals surface area contributed by atoms with Gasteiger partial charge in [0.2, 0.25) is 5.91 Å². The van der Waals surface area contributed by atoms with Gasteiger partial charge in [0.15, 0.2) is 9.84 Å². The second kappa shape index (κ2) is 8.09. The summed E-state index contributed by atoms with van der Waals surface area (Å²) in [6.45, 7) is 0.0465. The molecule has 2 rings (SSSR count). The molecule has 0 bridgehead atoms. The van der Waals surface area contributed by atoms with Crippen molar-refractivity contribution in [2.75, 3.05) is 17.7 Å². The van der Waals surface area contributed by atoms with Gasteiger partial charge in [-0.2, -0.15) is 0 Å². The van der Waals surface area contributed by atoms with Crippen LogP contribution in [0.5, 0.6) is 0 Å². The van der Waals surface area contributed by atoms with E-state index in [1.807, 2.05) is 0 Å². The fourth-order valence-corrected chi connectivity index (χ4v) is 3.19. The maximum Gasteiger partial charge on any atom is 0.258 e. The zero-order valence-corrected chi connectivity index (χ0v) is 15.0. The van der Waals surface area contributed by atoms with E-state index >= 15 is 0 Å². The minimum absolute atomic E-state index is 0.0464. The van der Waals surface area contributed by atoms with Crippen LogP contribution in [-0.4, -0.2) is 33.0 Å². The molecule has 0 aliphatic carbocycles. The first-order valence-corrected chi connectivity index (χ1v) is 9.84. The summed E-state index contributed by atoms with van der Waals surface area (Å²) >= 11 is 0. The first-order valence-electron chi connectivity index (χ1n) is 7.78. The lowest BCUT2D eigenvalue weighted by molar-refractivity contribution is -0.117. The molecule has 26 heavy (non-hydrogen) atoms. The number of hydrogen-bond acceptors (Lipinski definition) is 4. The van der Waals surface area contributed by atoms with Gasteiger partial charge in [-0.05, 0) is 42.0 Å². The van der Waals surface area contributed by atoms with Crippen LogP contribution >= 0.6 is 0 Å². The molecule has 0 aromatic heterocycles. The Balaban J connectivity index is 2.27. The first-order chi connectivity index (χ1) is 12.2. The van der Waals surface area contributed by atoms with Crippen LogP contribution in [0.15, 0.2) is 48.5 Å². The van der Waals surface area contributed by atoms with Gasteiger partial charge in [0, 0.05) is 30.5 Å². The number of anilines is 1. The predicted octanol–water partition coefficient (Wildman–Crippen LogP) is 1.89. The molecule has 6 nitrogen and oxygen atoms in total. The second-order valence-electron chi connectivity index (χ2n) is 5.92. The molecule has 0 saturated carbocycles. The van der Waals surface area contributed by atoms with E-state index in [0.717, 1.165) is 6.26 Å². The van der Waals surface area contributed by atoms with Crippen LogP contribution in [0.2, 0.25) is 0 Å². The second-order valence-corrected chi connectivity index (χ2v) is 8.06. The van der Waals surface area contributed by atoms with Crippen LogP contribution < -0.4 is 10.6 Å². The highest BCUT2D eigenvalue weighted by Gasteiger charge is 2.19. The number of carbonyl (C=O) groups is 2. The van der Waals surface area contributed by atoms with Gasteiger partial charge in [-0.25, -0.2) is 12.8 Å². The van der Waals surface area contributed by atoms with Crippen LogP contribution in [-0.2, 0) is 20.4 Å². The van der Waals surface area contributed by atoms with Gasteiger partial charge < -0.3 is 10.6 Å². The van der Waals surface area contributed by atoms with Crippen molar-refractivity contribution in [3.8, 4) is 0 Å². The molecule has 0 unspecified atom stereocenters. The van der Waals surface area contributed by atoms with Crippen LogP contribution in [0.3, 0.4) is 0 Å². The number of nitrogens with two attached hydrogens (primary N) is 1. The van der Waals surface area contributed by atoms with Crippen molar-refractivity contribution in [3.63, 3.8) is 0 Å². The van der Waals surface area contributed by atoms with Crippen molar-refractivity contribution in [2.24, 2.45) is 5.73 Å². The Bertz CT molecular complexity index is 894. The van der Waals surface area contributed by atoms with Gasteiger partial charge in [0.25, 0.3) is 5.91 Å². The third-order valence-electron chi connectivity index (χ3n) is 3.60. The number of nitrogens with zero attached hydrogens (tertiary/aromatic N) is 1. The maximum absolute atomic E-state index is 13.1. The summed E-state index contributed by atoms with van der Waals surface area (Å²) in [6.07, 6.45) is 1.08. The van der Waals surface area contributed by atoms with E-state index in [9.17, 15) is 22.4 Å². The van der Waals surface area contributed by atoms with Crippen LogP contribution in [0, 0.1) is 5.82 Å². The van der Waals surface area contributed by atoms with Crippen LogP contribution in [0.1, 0.15) is 22.3 Å². The van der Waals surface area contributed by atoms with Gasteiger partial charge >= 0.3 is 0 Å². The summed E-state index contributed by atoms with van der Waals surface area (Å²) in [4.78, 5) is 25.2. The van der Waals surface area contributed by atoms with E-state index in [4.69, 9.17) is 5.73 Å². The molecular weight excluding hydrogens is 359 g/mol. The lowest BCUT2D eigenvalue weighted by atomic mass is 10.1. The number of sulfone groups is 1. The lowest BCUT2D eigenvalue weighted by Crippen LogP contribution is -2.34. The number of primary amides is 1. The van der Waals surface area contributed by atoms with Crippen molar-refractivity contribution in [1.29, 1.82) is 0 Å². The molecule has 138 valence electrons. The number of halogens is 1. The number of amides is 2. The third kappa shape index (κ3) is 5.66. The predicted molar refractivity (Wildman–Crippen MR) is 96.9 cm³/mol. The Morgan fingerprint density at radius 1 is 1.04 bits per heavy atom. The van der Waals surface area contributed by atoms with Crippen molar-refractivity contribution in [1.82, 2.24) is 0 Å². The van der Waals surface area contributed by atoms with E-state index in [1.54, 1.807) is 12.1 Å². The Labute approximate surface area is 151 Å². The average molecular weight is 378 g/mol. The molecule has 0 radical (unpaired) electrons. The third-order valence-corrected chi connectivity index (χ3v) is 4.45. The monoisotopic (exact) mass is 378 g/mol. The van der Waals surface area contributed by atoms with Crippen LogP contribution in [0.25, 0.3) is 0 Å². The van der Waals surface area contributed by atoms with E-state index in [2.05, 4.69) is 0 Å². The topological polar surface area (TPSA) is 97.5 Å². The van der Waals surface area contributed by atoms with Gasteiger partial charge in [-0.3, -0.25) is 9.59 Å². The highest BCUT2D eigenvalue weighted by Crippen LogP contribution is 2.19. The molecule has 2 N–H and O–H groups in total. The molecule has 2 amide bonds. The van der Waals surface area contributed by atoms with E-state index in [-0.39, 0.29) is 18.7 Å². The van der Waals surface area contributed by atoms with E-state index in [0.29, 0.717) is 16.8 Å². The summed E-state index contributed by atoms with van der Waals surface area (Å²) in [7, 11) is -3.17. The van der Waals surface area contributed by atoms with Crippen molar-refractivity contribution in [3.05, 3.63) is 65.5 Å². The Morgan fingerprint density at radius 3 is 2.12 bits per heavy atom. The minimum Gasteiger partial charge on any atom is -0.370 e. The normalized spacial score (nSPS) is 11.2. The molecule has 0 atom stereocenters. The van der Waals surface area contributed by atoms with Crippen molar-refractivity contribution >= 4 is 27.3 Å². The van der Waals surface area contributed by atoms with Crippen molar-refractivity contribution in [2.45, 2.75) is 12.2 Å².